The highest BCUT2D eigenvalue weighted by molar-refractivity contribution is 6.30. The second-order valence-electron chi connectivity index (χ2n) is 7.36. The van der Waals surface area contributed by atoms with Gasteiger partial charge in [-0.05, 0) is 18.6 Å². The predicted molar refractivity (Wildman–Crippen MR) is 112 cm³/mol. The van der Waals surface area contributed by atoms with Crippen LogP contribution in [0.25, 0.3) is 17.0 Å². The number of aryl methyl sites for hydroxylation is 1. The lowest BCUT2D eigenvalue weighted by Gasteiger charge is -2.12. The lowest BCUT2D eigenvalue weighted by molar-refractivity contribution is -0.135. The summed E-state index contributed by atoms with van der Waals surface area (Å²) in [6.45, 7) is -0.0527. The van der Waals surface area contributed by atoms with Crippen LogP contribution >= 0.6 is 11.6 Å². The molecule has 2 heterocycles. The van der Waals surface area contributed by atoms with Crippen LogP contribution in [-0.4, -0.2) is 31.8 Å². The zero-order chi connectivity index (χ0) is 23.5. The van der Waals surface area contributed by atoms with Gasteiger partial charge in [0.05, 0.1) is 5.69 Å². The molecule has 0 atom stereocenters. The number of imidazole rings is 1. The maximum Gasteiger partial charge on any atom is 0.389 e. The molecule has 0 bridgehead atoms. The number of Topliss-reactive ketones (excluding diaryl/α,β-unsaturated/α-hetero) is 1. The number of hydrogen-bond donors (Lipinski definition) is 1. The summed E-state index contributed by atoms with van der Waals surface area (Å²) >= 11 is 5.90. The first-order chi connectivity index (χ1) is 15.0. The molecule has 0 unspecified atom stereocenters. The number of fused-ring (bicyclic) bond motifs is 1. The van der Waals surface area contributed by atoms with Gasteiger partial charge >= 0.3 is 6.18 Å². The lowest BCUT2D eigenvalue weighted by Crippen LogP contribution is -2.24. The van der Waals surface area contributed by atoms with Gasteiger partial charge in [-0.25, -0.2) is 4.98 Å². The van der Waals surface area contributed by atoms with Gasteiger partial charge in [-0.15, -0.1) is 0 Å². The van der Waals surface area contributed by atoms with E-state index in [2.05, 4.69) is 4.98 Å². The van der Waals surface area contributed by atoms with Crippen molar-refractivity contribution >= 4 is 29.1 Å². The molecule has 7 nitrogen and oxygen atoms in total. The van der Waals surface area contributed by atoms with Gasteiger partial charge in [0.2, 0.25) is 11.7 Å². The number of ketones is 1. The van der Waals surface area contributed by atoms with Gasteiger partial charge < -0.3 is 10.3 Å². The smallest absolute Gasteiger partial charge is 0.370 e. The van der Waals surface area contributed by atoms with Crippen molar-refractivity contribution in [1.29, 1.82) is 0 Å². The molecule has 0 saturated carbocycles. The standard InChI is InChI=1S/C21H20ClF3N4O3/c22-15-4-2-13(3-5-15)17-12-29-19(32)14(10-16(30)6-7-18(26)31)11-28(20(29)27-17)9-1-8-21(23,24)25/h2-5,11-12H,1,6-10H2,(H2,26,31). The van der Waals surface area contributed by atoms with Gasteiger partial charge in [0.25, 0.3) is 5.56 Å². The monoisotopic (exact) mass is 468 g/mol. The average molecular weight is 469 g/mol. The predicted octanol–water partition coefficient (Wildman–Crippen LogP) is 3.54. The number of hydrogen-bond acceptors (Lipinski definition) is 4. The molecule has 3 aromatic rings. The molecule has 0 aliphatic carbocycles. The van der Waals surface area contributed by atoms with Crippen molar-refractivity contribution in [3.05, 3.63) is 57.6 Å². The van der Waals surface area contributed by atoms with Crippen LogP contribution in [0.15, 0.2) is 41.5 Å². The third-order valence-corrected chi connectivity index (χ3v) is 5.04. The van der Waals surface area contributed by atoms with Crippen LogP contribution in [-0.2, 0) is 22.6 Å². The summed E-state index contributed by atoms with van der Waals surface area (Å²) in [7, 11) is 0. The van der Waals surface area contributed by atoms with Crippen LogP contribution in [0.3, 0.4) is 0 Å². The fraction of sp³-hybridized carbons (Fsp3) is 0.333. The molecule has 11 heteroatoms. The number of amides is 1. The van der Waals surface area contributed by atoms with Crippen LogP contribution in [0.1, 0.15) is 31.2 Å². The number of primary amides is 1. The van der Waals surface area contributed by atoms with Crippen molar-refractivity contribution in [2.24, 2.45) is 5.73 Å². The number of alkyl halides is 3. The average Bonchev–Trinajstić information content (AvgIpc) is 3.15. The molecule has 1 aromatic carbocycles. The van der Waals surface area contributed by atoms with E-state index in [1.54, 1.807) is 24.3 Å². The van der Waals surface area contributed by atoms with Gasteiger partial charge in [-0.1, -0.05) is 23.7 Å². The molecule has 0 saturated heterocycles. The van der Waals surface area contributed by atoms with Crippen molar-refractivity contribution in [3.63, 3.8) is 0 Å². The van der Waals surface area contributed by atoms with Crippen molar-refractivity contribution in [1.82, 2.24) is 14.0 Å². The summed E-state index contributed by atoms with van der Waals surface area (Å²) in [5.74, 6) is -0.851. The quantitative estimate of drug-likeness (QED) is 0.519. The van der Waals surface area contributed by atoms with Gasteiger partial charge in [-0.2, -0.15) is 13.2 Å². The molecule has 0 aliphatic rings. The van der Waals surface area contributed by atoms with Crippen molar-refractivity contribution in [2.75, 3.05) is 0 Å². The Kier molecular flexibility index (Phi) is 7.02. The molecule has 0 spiro atoms. The number of carbonyl (C=O) groups excluding carboxylic acids is 2. The highest BCUT2D eigenvalue weighted by atomic mass is 35.5. The molecule has 2 N–H and O–H groups in total. The van der Waals surface area contributed by atoms with Gasteiger partial charge in [0, 0.05) is 60.8 Å². The van der Waals surface area contributed by atoms with E-state index < -0.39 is 24.1 Å². The number of rotatable bonds is 9. The number of aromatic nitrogens is 3. The molecule has 0 fully saturated rings. The van der Waals surface area contributed by atoms with E-state index in [-0.39, 0.29) is 49.4 Å². The Balaban J connectivity index is 2.00. The van der Waals surface area contributed by atoms with E-state index in [0.717, 1.165) is 0 Å². The molecule has 0 aliphatic heterocycles. The fourth-order valence-corrected chi connectivity index (χ4v) is 3.36. The summed E-state index contributed by atoms with van der Waals surface area (Å²) < 4.78 is 40.5. The molecular weight excluding hydrogens is 449 g/mol. The second kappa shape index (κ2) is 9.56. The molecule has 1 amide bonds. The van der Waals surface area contributed by atoms with Crippen LogP contribution in [0.5, 0.6) is 0 Å². The Labute approximate surface area is 185 Å². The Hall–Kier alpha value is -3.14. The topological polar surface area (TPSA) is 99.5 Å². The summed E-state index contributed by atoms with van der Waals surface area (Å²) in [6, 6.07) is 6.71. The minimum atomic E-state index is -4.31. The highest BCUT2D eigenvalue weighted by Gasteiger charge is 2.26. The number of carbonyl (C=O) groups is 2. The largest absolute Gasteiger partial charge is 0.389 e. The Morgan fingerprint density at radius 3 is 2.41 bits per heavy atom. The number of nitrogens with zero attached hydrogens (tertiary/aromatic N) is 3. The second-order valence-corrected chi connectivity index (χ2v) is 7.79. The molecule has 170 valence electrons. The molecule has 3 rings (SSSR count). The summed E-state index contributed by atoms with van der Waals surface area (Å²) in [5.41, 5.74) is 5.74. The van der Waals surface area contributed by atoms with Crippen LogP contribution in [0.4, 0.5) is 13.2 Å². The highest BCUT2D eigenvalue weighted by Crippen LogP contribution is 2.23. The van der Waals surface area contributed by atoms with Crippen molar-refractivity contribution in [2.45, 2.75) is 44.8 Å². The summed E-state index contributed by atoms with van der Waals surface area (Å²) in [4.78, 5) is 40.5. The van der Waals surface area contributed by atoms with Gasteiger partial charge in [0.1, 0.15) is 5.78 Å². The zero-order valence-electron chi connectivity index (χ0n) is 16.9. The minimum absolute atomic E-state index is 0.0527. The number of benzene rings is 1. The molecular formula is C21H20ClF3N4O3. The van der Waals surface area contributed by atoms with Crippen LogP contribution in [0, 0.1) is 0 Å². The van der Waals surface area contributed by atoms with E-state index in [1.165, 1.54) is 21.4 Å². The van der Waals surface area contributed by atoms with E-state index in [4.69, 9.17) is 17.3 Å². The van der Waals surface area contributed by atoms with E-state index >= 15 is 0 Å². The molecule has 0 radical (unpaired) electrons. The van der Waals surface area contributed by atoms with Crippen LogP contribution < -0.4 is 11.3 Å². The third-order valence-electron chi connectivity index (χ3n) is 4.79. The van der Waals surface area contributed by atoms with Crippen molar-refractivity contribution in [3.8, 4) is 11.3 Å². The summed E-state index contributed by atoms with van der Waals surface area (Å²) in [5, 5.41) is 0.515. The van der Waals surface area contributed by atoms with Gasteiger partial charge in [0.15, 0.2) is 0 Å². The normalized spacial score (nSPS) is 11.8. The first-order valence-corrected chi connectivity index (χ1v) is 10.2. The maximum atomic E-state index is 13.0. The zero-order valence-corrected chi connectivity index (χ0v) is 17.6. The SMILES string of the molecule is NC(=O)CCC(=O)Cc1cn(CCCC(F)(F)F)c2nc(-c3ccc(Cl)cc3)cn2c1=O. The fourth-order valence-electron chi connectivity index (χ4n) is 3.24. The van der Waals surface area contributed by atoms with E-state index in [1.807, 2.05) is 0 Å². The summed E-state index contributed by atoms with van der Waals surface area (Å²) in [6.07, 6.45) is -3.24. The van der Waals surface area contributed by atoms with Gasteiger partial charge in [-0.3, -0.25) is 18.8 Å². The lowest BCUT2D eigenvalue weighted by atomic mass is 10.1. The number of halogens is 4. The molecule has 2 aromatic heterocycles. The first-order valence-electron chi connectivity index (χ1n) is 9.77. The van der Waals surface area contributed by atoms with E-state index in [0.29, 0.717) is 16.3 Å². The molecule has 32 heavy (non-hydrogen) atoms. The van der Waals surface area contributed by atoms with Crippen LogP contribution in [0.2, 0.25) is 5.02 Å². The Morgan fingerprint density at radius 1 is 1.09 bits per heavy atom. The van der Waals surface area contributed by atoms with E-state index in [9.17, 15) is 27.6 Å². The Bertz CT molecular complexity index is 1200. The third kappa shape index (κ3) is 5.97. The first kappa shape index (κ1) is 23.5. The minimum Gasteiger partial charge on any atom is -0.370 e. The van der Waals surface area contributed by atoms with Crippen molar-refractivity contribution < 1.29 is 22.8 Å². The maximum absolute atomic E-state index is 13.0. The number of nitrogens with two attached hydrogens (primary N) is 1. The Morgan fingerprint density at radius 2 is 1.78 bits per heavy atom.